The van der Waals surface area contributed by atoms with E-state index in [-0.39, 0.29) is 17.6 Å². The lowest BCUT2D eigenvalue weighted by Crippen LogP contribution is -2.41. The first-order valence-electron chi connectivity index (χ1n) is 11.0. The Morgan fingerprint density at radius 2 is 1.81 bits per heavy atom. The summed E-state index contributed by atoms with van der Waals surface area (Å²) in [6.45, 7) is 2.01. The highest BCUT2D eigenvalue weighted by Crippen LogP contribution is 2.49. The molecule has 0 saturated heterocycles. The molecule has 2 N–H and O–H groups in total. The number of fused-ring (bicyclic) bond motifs is 1. The van der Waals surface area contributed by atoms with Gasteiger partial charge in [0, 0.05) is 24.4 Å². The first-order chi connectivity index (χ1) is 15.4. The van der Waals surface area contributed by atoms with Crippen molar-refractivity contribution in [1.82, 2.24) is 9.97 Å². The van der Waals surface area contributed by atoms with Crippen molar-refractivity contribution in [3.63, 3.8) is 0 Å². The SMILES string of the molecule is Cc1cccc(C2=C(c3ccc4nccnc4c3)OC3(CCC(CC(N)=O)CC3)C2=O)c1. The molecule has 1 spiro atoms. The van der Waals surface area contributed by atoms with Crippen LogP contribution in [0.1, 0.15) is 48.8 Å². The molecule has 0 atom stereocenters. The third-order valence-electron chi connectivity index (χ3n) is 6.61. The van der Waals surface area contributed by atoms with E-state index in [1.165, 1.54) is 0 Å². The number of rotatable bonds is 4. The summed E-state index contributed by atoms with van der Waals surface area (Å²) in [5, 5.41) is 0. The van der Waals surface area contributed by atoms with Gasteiger partial charge < -0.3 is 10.5 Å². The summed E-state index contributed by atoms with van der Waals surface area (Å²) in [6.07, 6.45) is 6.32. The molecular weight excluding hydrogens is 402 g/mol. The van der Waals surface area contributed by atoms with Crippen LogP contribution in [0.5, 0.6) is 0 Å². The zero-order valence-corrected chi connectivity index (χ0v) is 18.0. The molecule has 5 rings (SSSR count). The van der Waals surface area contributed by atoms with E-state index in [0.717, 1.165) is 40.6 Å². The molecule has 2 aliphatic rings. The van der Waals surface area contributed by atoms with Crippen molar-refractivity contribution in [3.8, 4) is 0 Å². The van der Waals surface area contributed by atoms with Crippen LogP contribution in [0.2, 0.25) is 0 Å². The van der Waals surface area contributed by atoms with Crippen molar-refractivity contribution in [2.45, 2.75) is 44.6 Å². The number of amides is 1. The first kappa shape index (κ1) is 20.4. The number of hydrogen-bond acceptors (Lipinski definition) is 5. The lowest BCUT2D eigenvalue weighted by molar-refractivity contribution is -0.132. The normalized spacial score (nSPS) is 23.0. The maximum Gasteiger partial charge on any atom is 0.217 e. The van der Waals surface area contributed by atoms with Crippen molar-refractivity contribution in [3.05, 3.63) is 71.5 Å². The third-order valence-corrected chi connectivity index (χ3v) is 6.61. The Kier molecular flexibility index (Phi) is 5.00. The van der Waals surface area contributed by atoms with Crippen molar-refractivity contribution < 1.29 is 14.3 Å². The molecule has 1 aliphatic carbocycles. The second kappa shape index (κ2) is 7.86. The summed E-state index contributed by atoms with van der Waals surface area (Å²) in [5.41, 5.74) is 9.43. The lowest BCUT2D eigenvalue weighted by Gasteiger charge is -2.35. The van der Waals surface area contributed by atoms with Crippen molar-refractivity contribution in [2.75, 3.05) is 0 Å². The molecule has 2 heterocycles. The highest BCUT2D eigenvalue weighted by molar-refractivity contribution is 6.33. The van der Waals surface area contributed by atoms with E-state index in [9.17, 15) is 9.59 Å². The average molecular weight is 428 g/mol. The van der Waals surface area contributed by atoms with E-state index >= 15 is 0 Å². The summed E-state index contributed by atoms with van der Waals surface area (Å²) < 4.78 is 6.56. The van der Waals surface area contributed by atoms with E-state index in [1.807, 2.05) is 49.4 Å². The van der Waals surface area contributed by atoms with Crippen LogP contribution >= 0.6 is 0 Å². The number of aryl methyl sites for hydroxylation is 1. The molecule has 1 saturated carbocycles. The molecule has 1 amide bonds. The van der Waals surface area contributed by atoms with Crippen LogP contribution in [0.4, 0.5) is 0 Å². The molecule has 6 heteroatoms. The molecule has 0 unspecified atom stereocenters. The summed E-state index contributed by atoms with van der Waals surface area (Å²) in [4.78, 5) is 34.0. The predicted octanol–water partition coefficient (Wildman–Crippen LogP) is 4.21. The Bertz CT molecular complexity index is 1260. The van der Waals surface area contributed by atoms with Gasteiger partial charge in [-0.15, -0.1) is 0 Å². The molecule has 1 aliphatic heterocycles. The lowest BCUT2D eigenvalue weighted by atomic mass is 9.74. The highest BCUT2D eigenvalue weighted by atomic mass is 16.5. The van der Waals surface area contributed by atoms with Crippen LogP contribution in [-0.2, 0) is 14.3 Å². The fourth-order valence-electron chi connectivity index (χ4n) is 4.96. The van der Waals surface area contributed by atoms with Crippen LogP contribution < -0.4 is 5.73 Å². The van der Waals surface area contributed by atoms with Crippen LogP contribution in [0.3, 0.4) is 0 Å². The number of carbonyl (C=O) groups is 2. The van der Waals surface area contributed by atoms with Crippen molar-refractivity contribution in [1.29, 1.82) is 0 Å². The van der Waals surface area contributed by atoms with Gasteiger partial charge in [0.05, 0.1) is 16.6 Å². The van der Waals surface area contributed by atoms with Crippen LogP contribution in [0.25, 0.3) is 22.4 Å². The van der Waals surface area contributed by atoms with E-state index in [0.29, 0.717) is 30.6 Å². The van der Waals surface area contributed by atoms with Gasteiger partial charge in [-0.3, -0.25) is 19.6 Å². The fraction of sp³-hybridized carbons (Fsp3) is 0.308. The number of Topliss-reactive ketones (excluding diaryl/α,β-unsaturated/α-hetero) is 1. The number of nitrogens with zero attached hydrogens (tertiary/aromatic N) is 2. The largest absolute Gasteiger partial charge is 0.478 e. The van der Waals surface area contributed by atoms with Gasteiger partial charge in [0.1, 0.15) is 5.76 Å². The number of ether oxygens (including phenoxy) is 1. The highest BCUT2D eigenvalue weighted by Gasteiger charge is 2.51. The Morgan fingerprint density at radius 3 is 2.53 bits per heavy atom. The maximum atomic E-state index is 13.9. The first-order valence-corrected chi connectivity index (χ1v) is 11.0. The number of benzene rings is 2. The zero-order valence-electron chi connectivity index (χ0n) is 18.0. The predicted molar refractivity (Wildman–Crippen MR) is 122 cm³/mol. The summed E-state index contributed by atoms with van der Waals surface area (Å²) in [7, 11) is 0. The minimum Gasteiger partial charge on any atom is -0.478 e. The molecule has 1 fully saturated rings. The topological polar surface area (TPSA) is 95.2 Å². The van der Waals surface area contributed by atoms with Gasteiger partial charge in [-0.1, -0.05) is 29.8 Å². The number of carbonyl (C=O) groups excluding carboxylic acids is 2. The van der Waals surface area contributed by atoms with Gasteiger partial charge >= 0.3 is 0 Å². The van der Waals surface area contributed by atoms with Crippen molar-refractivity contribution in [2.24, 2.45) is 11.7 Å². The van der Waals surface area contributed by atoms with Gasteiger partial charge in [0.2, 0.25) is 11.7 Å². The Hall–Kier alpha value is -3.54. The molecule has 0 radical (unpaired) electrons. The third kappa shape index (κ3) is 3.55. The molecule has 3 aromatic rings. The molecule has 1 aromatic heterocycles. The van der Waals surface area contributed by atoms with Gasteiger partial charge in [0.15, 0.2) is 5.60 Å². The van der Waals surface area contributed by atoms with Gasteiger partial charge in [-0.25, -0.2) is 0 Å². The Labute approximate surface area is 186 Å². The molecule has 162 valence electrons. The smallest absolute Gasteiger partial charge is 0.217 e. The van der Waals surface area contributed by atoms with Gasteiger partial charge in [0.25, 0.3) is 0 Å². The van der Waals surface area contributed by atoms with E-state index < -0.39 is 5.60 Å². The Balaban J connectivity index is 1.57. The van der Waals surface area contributed by atoms with E-state index in [4.69, 9.17) is 10.5 Å². The fourth-order valence-corrected chi connectivity index (χ4v) is 4.96. The monoisotopic (exact) mass is 427 g/mol. The molecule has 0 bridgehead atoms. The quantitative estimate of drug-likeness (QED) is 0.673. The van der Waals surface area contributed by atoms with Crippen LogP contribution in [0.15, 0.2) is 54.9 Å². The second-order valence-electron chi connectivity index (χ2n) is 8.87. The van der Waals surface area contributed by atoms with Gasteiger partial charge in [-0.2, -0.15) is 0 Å². The van der Waals surface area contributed by atoms with Crippen LogP contribution in [-0.4, -0.2) is 27.3 Å². The molecule has 2 aromatic carbocycles. The molecule has 6 nitrogen and oxygen atoms in total. The average Bonchev–Trinajstić information content (AvgIpc) is 3.07. The summed E-state index contributed by atoms with van der Waals surface area (Å²) in [6, 6.07) is 13.7. The van der Waals surface area contributed by atoms with E-state index in [2.05, 4.69) is 9.97 Å². The number of hydrogen-bond donors (Lipinski definition) is 1. The molecular formula is C26H25N3O3. The number of primary amides is 1. The minimum absolute atomic E-state index is 0.0230. The number of aromatic nitrogens is 2. The number of ketones is 1. The van der Waals surface area contributed by atoms with Gasteiger partial charge in [-0.05, 0) is 62.3 Å². The second-order valence-corrected chi connectivity index (χ2v) is 8.87. The Morgan fingerprint density at radius 1 is 1.06 bits per heavy atom. The number of nitrogens with two attached hydrogens (primary N) is 1. The summed E-state index contributed by atoms with van der Waals surface area (Å²) in [5.74, 6) is 0.537. The summed E-state index contributed by atoms with van der Waals surface area (Å²) >= 11 is 0. The van der Waals surface area contributed by atoms with E-state index in [1.54, 1.807) is 12.4 Å². The standard InChI is InChI=1S/C26H25N3O3/c1-16-3-2-4-18(13-16)23-24(19-5-6-20-21(15-19)29-12-11-28-20)32-26(25(23)31)9-7-17(8-10-26)14-22(27)30/h2-6,11-13,15,17H,7-10,14H2,1H3,(H2,27,30). The minimum atomic E-state index is -0.889. The maximum absolute atomic E-state index is 13.9. The molecule has 32 heavy (non-hydrogen) atoms. The van der Waals surface area contributed by atoms with Crippen LogP contribution in [0, 0.1) is 12.8 Å². The van der Waals surface area contributed by atoms with Crippen molar-refractivity contribution >= 4 is 34.1 Å². The zero-order chi connectivity index (χ0) is 22.3.